The van der Waals surface area contributed by atoms with Crippen molar-refractivity contribution in [3.63, 3.8) is 0 Å². The van der Waals surface area contributed by atoms with E-state index in [0.29, 0.717) is 0 Å². The Morgan fingerprint density at radius 2 is 1.29 bits per heavy atom. The van der Waals surface area contributed by atoms with E-state index in [0.717, 1.165) is 5.56 Å². The second kappa shape index (κ2) is 5.94. The average Bonchev–Trinajstić information content (AvgIpc) is 2.17. The first-order valence-corrected chi connectivity index (χ1v) is 5.55. The van der Waals surface area contributed by atoms with Crippen molar-refractivity contribution in [3.8, 4) is 5.75 Å². The first kappa shape index (κ1) is 15.8. The lowest BCUT2D eigenvalue weighted by atomic mass is 9.87. The van der Waals surface area contributed by atoms with Crippen LogP contribution in [0.25, 0.3) is 0 Å². The van der Waals surface area contributed by atoms with Crippen LogP contribution < -0.4 is 4.74 Å². The highest BCUT2D eigenvalue weighted by molar-refractivity contribution is 5.31. The van der Waals surface area contributed by atoms with Crippen molar-refractivity contribution in [2.75, 3.05) is 0 Å². The third-order valence-corrected chi connectivity index (χ3v) is 1.95. The number of benzene rings is 1. The molecule has 0 aliphatic heterocycles. The van der Waals surface area contributed by atoms with E-state index in [2.05, 4.69) is 4.74 Å². The summed E-state index contributed by atoms with van der Waals surface area (Å²) in [6.07, 6.45) is -4.62. The molecule has 0 aliphatic carbocycles. The molecule has 98 valence electrons. The minimum Gasteiger partial charge on any atom is -0.406 e. The SMILES string of the molecule is CC.CC(C)(C)c1ccc(OC(F)(F)F)cc1. The van der Waals surface area contributed by atoms with Gasteiger partial charge in [0.15, 0.2) is 0 Å². The van der Waals surface area contributed by atoms with Crippen molar-refractivity contribution in [1.29, 1.82) is 0 Å². The van der Waals surface area contributed by atoms with Gasteiger partial charge in [-0.1, -0.05) is 46.8 Å². The highest BCUT2D eigenvalue weighted by Gasteiger charge is 2.31. The zero-order valence-corrected chi connectivity index (χ0v) is 10.9. The predicted molar refractivity (Wildman–Crippen MR) is 63.2 cm³/mol. The molecule has 0 saturated carbocycles. The molecule has 1 rings (SSSR count). The molecule has 0 aromatic heterocycles. The maximum absolute atomic E-state index is 11.9. The second-order valence-corrected chi connectivity index (χ2v) is 4.32. The summed E-state index contributed by atoms with van der Waals surface area (Å²) < 4.78 is 39.3. The number of hydrogen-bond acceptors (Lipinski definition) is 1. The molecule has 0 aliphatic rings. The third kappa shape index (κ3) is 6.19. The van der Waals surface area contributed by atoms with Crippen molar-refractivity contribution >= 4 is 0 Å². The molecule has 1 nitrogen and oxygen atoms in total. The van der Waals surface area contributed by atoms with Crippen molar-refractivity contribution in [2.24, 2.45) is 0 Å². The maximum Gasteiger partial charge on any atom is 0.573 e. The van der Waals surface area contributed by atoms with Crippen molar-refractivity contribution < 1.29 is 17.9 Å². The van der Waals surface area contributed by atoms with Gasteiger partial charge in [0.2, 0.25) is 0 Å². The summed E-state index contributed by atoms with van der Waals surface area (Å²) in [5.41, 5.74) is 0.897. The van der Waals surface area contributed by atoms with Crippen LogP contribution in [0.1, 0.15) is 40.2 Å². The lowest BCUT2D eigenvalue weighted by molar-refractivity contribution is -0.274. The summed E-state index contributed by atoms with van der Waals surface area (Å²) >= 11 is 0. The van der Waals surface area contributed by atoms with Gasteiger partial charge in [0.1, 0.15) is 5.75 Å². The third-order valence-electron chi connectivity index (χ3n) is 1.95. The molecule has 0 unspecified atom stereocenters. The van der Waals surface area contributed by atoms with Crippen LogP contribution >= 0.6 is 0 Å². The summed E-state index contributed by atoms with van der Waals surface area (Å²) in [4.78, 5) is 0. The van der Waals surface area contributed by atoms with Gasteiger partial charge in [-0.2, -0.15) is 0 Å². The van der Waals surface area contributed by atoms with E-state index in [1.54, 1.807) is 12.1 Å². The molecule has 0 bridgehead atoms. The Morgan fingerprint density at radius 3 is 1.59 bits per heavy atom. The number of hydrogen-bond donors (Lipinski definition) is 0. The van der Waals surface area contributed by atoms with Gasteiger partial charge in [0.25, 0.3) is 0 Å². The molecular weight excluding hydrogens is 229 g/mol. The van der Waals surface area contributed by atoms with Gasteiger partial charge in [-0.15, -0.1) is 13.2 Å². The Kier molecular flexibility index (Phi) is 5.52. The molecule has 0 atom stereocenters. The van der Waals surface area contributed by atoms with Gasteiger partial charge in [-0.05, 0) is 23.1 Å². The Bertz CT molecular complexity index is 320. The monoisotopic (exact) mass is 248 g/mol. The predicted octanol–water partition coefficient (Wildman–Crippen LogP) is 4.91. The molecule has 0 spiro atoms. The molecule has 0 amide bonds. The zero-order chi connectivity index (χ0) is 13.7. The van der Waals surface area contributed by atoms with E-state index in [4.69, 9.17) is 0 Å². The van der Waals surface area contributed by atoms with Crippen LogP contribution in [0.4, 0.5) is 13.2 Å². The van der Waals surface area contributed by atoms with Gasteiger partial charge in [0, 0.05) is 0 Å². The number of alkyl halides is 3. The fourth-order valence-electron chi connectivity index (χ4n) is 1.16. The van der Waals surface area contributed by atoms with E-state index >= 15 is 0 Å². The van der Waals surface area contributed by atoms with Gasteiger partial charge >= 0.3 is 6.36 Å². The normalized spacial score (nSPS) is 11.5. The highest BCUT2D eigenvalue weighted by Crippen LogP contribution is 2.27. The van der Waals surface area contributed by atoms with Crippen LogP contribution in [0, 0.1) is 0 Å². The average molecular weight is 248 g/mol. The fourth-order valence-corrected chi connectivity index (χ4v) is 1.16. The fraction of sp³-hybridized carbons (Fsp3) is 0.538. The topological polar surface area (TPSA) is 9.23 Å². The number of ether oxygens (including phenoxy) is 1. The molecule has 0 radical (unpaired) electrons. The first-order chi connectivity index (χ1) is 7.68. The van der Waals surface area contributed by atoms with Crippen LogP contribution in [0.5, 0.6) is 5.75 Å². The largest absolute Gasteiger partial charge is 0.573 e. The minimum absolute atomic E-state index is 0.0727. The summed E-state index contributed by atoms with van der Waals surface area (Å²) in [5.74, 6) is -0.185. The summed E-state index contributed by atoms with van der Waals surface area (Å²) in [7, 11) is 0. The minimum atomic E-state index is -4.62. The molecule has 0 saturated heterocycles. The van der Waals surface area contributed by atoms with E-state index in [1.807, 2.05) is 34.6 Å². The van der Waals surface area contributed by atoms with Gasteiger partial charge in [0.05, 0.1) is 0 Å². The first-order valence-electron chi connectivity index (χ1n) is 5.55. The smallest absolute Gasteiger partial charge is 0.406 e. The standard InChI is InChI=1S/C11H13F3O.C2H6/c1-10(2,3)8-4-6-9(7-5-8)15-11(12,13)14;1-2/h4-7H,1-3H3;1-2H3. The lowest BCUT2D eigenvalue weighted by Gasteiger charge is -2.19. The van der Waals surface area contributed by atoms with Gasteiger partial charge in [-0.3, -0.25) is 0 Å². The highest BCUT2D eigenvalue weighted by atomic mass is 19.4. The van der Waals surface area contributed by atoms with Crippen LogP contribution in [-0.2, 0) is 5.41 Å². The number of halogens is 3. The van der Waals surface area contributed by atoms with Crippen molar-refractivity contribution in [3.05, 3.63) is 29.8 Å². The Balaban J connectivity index is 0.00000121. The van der Waals surface area contributed by atoms with E-state index in [-0.39, 0.29) is 11.2 Å². The summed E-state index contributed by atoms with van der Waals surface area (Å²) in [5, 5.41) is 0. The maximum atomic E-state index is 11.9. The van der Waals surface area contributed by atoms with Crippen LogP contribution in [0.15, 0.2) is 24.3 Å². The van der Waals surface area contributed by atoms with Crippen LogP contribution in [0.3, 0.4) is 0 Å². The molecule has 1 aromatic carbocycles. The van der Waals surface area contributed by atoms with E-state index in [9.17, 15) is 13.2 Å². The van der Waals surface area contributed by atoms with Crippen LogP contribution in [0.2, 0.25) is 0 Å². The lowest BCUT2D eigenvalue weighted by Crippen LogP contribution is -2.17. The van der Waals surface area contributed by atoms with Crippen molar-refractivity contribution in [2.45, 2.75) is 46.4 Å². The summed E-state index contributed by atoms with van der Waals surface area (Å²) in [6.45, 7) is 9.98. The molecule has 1 aromatic rings. The Hall–Kier alpha value is -1.19. The Labute approximate surface area is 101 Å². The van der Waals surface area contributed by atoms with Crippen LogP contribution in [-0.4, -0.2) is 6.36 Å². The van der Waals surface area contributed by atoms with Gasteiger partial charge < -0.3 is 4.74 Å². The number of rotatable bonds is 1. The molecule has 17 heavy (non-hydrogen) atoms. The Morgan fingerprint density at radius 1 is 0.882 bits per heavy atom. The molecular formula is C13H19F3O. The second-order valence-electron chi connectivity index (χ2n) is 4.32. The molecule has 0 fully saturated rings. The molecule has 0 N–H and O–H groups in total. The molecule has 4 heteroatoms. The van der Waals surface area contributed by atoms with E-state index < -0.39 is 6.36 Å². The summed E-state index contributed by atoms with van der Waals surface area (Å²) in [6, 6.07) is 5.93. The zero-order valence-electron chi connectivity index (χ0n) is 10.9. The van der Waals surface area contributed by atoms with E-state index in [1.165, 1.54) is 12.1 Å². The molecule has 0 heterocycles. The van der Waals surface area contributed by atoms with Crippen molar-refractivity contribution in [1.82, 2.24) is 0 Å². The quantitative estimate of drug-likeness (QED) is 0.686. The van der Waals surface area contributed by atoms with Gasteiger partial charge in [-0.25, -0.2) is 0 Å².